The molecule has 0 bridgehead atoms. The van der Waals surface area contributed by atoms with E-state index < -0.39 is 0 Å². The fraction of sp³-hybridized carbons (Fsp3) is 0.684. The quantitative estimate of drug-likeness (QED) is 0.764. The largest absolute Gasteiger partial charge is 0.508 e. The molecule has 0 fully saturated rings. The molecule has 0 aliphatic heterocycles. The summed E-state index contributed by atoms with van der Waals surface area (Å²) >= 11 is 0. The van der Waals surface area contributed by atoms with Gasteiger partial charge in [-0.3, -0.25) is 0 Å². The van der Waals surface area contributed by atoms with Crippen molar-refractivity contribution < 1.29 is 5.11 Å². The molecule has 0 amide bonds. The highest BCUT2D eigenvalue weighted by atomic mass is 16.3. The van der Waals surface area contributed by atoms with Gasteiger partial charge in [-0.2, -0.15) is 0 Å². The number of aromatic hydroxyl groups is 1. The fourth-order valence-corrected chi connectivity index (χ4v) is 2.62. The molecule has 1 heteroatoms. The van der Waals surface area contributed by atoms with Crippen molar-refractivity contribution in [3.63, 3.8) is 0 Å². The maximum Gasteiger partial charge on any atom is 0.119 e. The molecule has 0 saturated carbocycles. The van der Waals surface area contributed by atoms with Gasteiger partial charge in [0.1, 0.15) is 5.75 Å². The average Bonchev–Trinajstić information content (AvgIpc) is 2.27. The lowest BCUT2D eigenvalue weighted by Gasteiger charge is -2.29. The summed E-state index contributed by atoms with van der Waals surface area (Å²) in [7, 11) is 0. The molecular formula is C19H32O. The van der Waals surface area contributed by atoms with Crippen LogP contribution in [0.2, 0.25) is 0 Å². The van der Waals surface area contributed by atoms with Gasteiger partial charge in [0.15, 0.2) is 0 Å². The molecule has 20 heavy (non-hydrogen) atoms. The Labute approximate surface area is 125 Å². The second-order valence-corrected chi connectivity index (χ2v) is 8.24. The zero-order valence-electron chi connectivity index (χ0n) is 14.6. The van der Waals surface area contributed by atoms with Crippen molar-refractivity contribution in [3.05, 3.63) is 28.8 Å². The normalized spacial score (nSPS) is 14.4. The molecule has 0 heterocycles. The zero-order valence-corrected chi connectivity index (χ0v) is 14.6. The third-order valence-electron chi connectivity index (χ3n) is 4.10. The molecule has 1 atom stereocenters. The molecule has 1 nitrogen and oxygen atoms in total. The summed E-state index contributed by atoms with van der Waals surface area (Å²) < 4.78 is 0. The molecule has 0 saturated heterocycles. The number of rotatable bonds is 3. The van der Waals surface area contributed by atoms with E-state index in [0.29, 0.717) is 11.7 Å². The van der Waals surface area contributed by atoms with Crippen LogP contribution in [-0.4, -0.2) is 5.11 Å². The molecule has 1 aromatic carbocycles. The van der Waals surface area contributed by atoms with E-state index in [1.165, 1.54) is 17.5 Å². The van der Waals surface area contributed by atoms with E-state index in [-0.39, 0.29) is 10.8 Å². The maximum absolute atomic E-state index is 10.4. The number of phenols is 1. The Morgan fingerprint density at radius 3 is 1.85 bits per heavy atom. The molecule has 1 rings (SSSR count). The second-order valence-electron chi connectivity index (χ2n) is 8.24. The third kappa shape index (κ3) is 4.01. The van der Waals surface area contributed by atoms with Gasteiger partial charge in [-0.1, -0.05) is 67.9 Å². The molecule has 1 N–H and O–H groups in total. The Morgan fingerprint density at radius 1 is 0.950 bits per heavy atom. The van der Waals surface area contributed by atoms with Crippen LogP contribution in [0.5, 0.6) is 5.75 Å². The number of benzene rings is 1. The van der Waals surface area contributed by atoms with E-state index in [9.17, 15) is 5.11 Å². The Kier molecular flexibility index (Phi) is 4.94. The van der Waals surface area contributed by atoms with Crippen LogP contribution in [0.15, 0.2) is 12.1 Å². The molecule has 114 valence electrons. The Balaban J connectivity index is 3.42. The molecule has 1 unspecified atom stereocenters. The summed E-state index contributed by atoms with van der Waals surface area (Å²) in [4.78, 5) is 0. The average molecular weight is 276 g/mol. The van der Waals surface area contributed by atoms with Gasteiger partial charge in [-0.05, 0) is 45.9 Å². The van der Waals surface area contributed by atoms with E-state index >= 15 is 0 Å². The lowest BCUT2D eigenvalue weighted by atomic mass is 9.77. The second kappa shape index (κ2) is 5.79. The van der Waals surface area contributed by atoms with Crippen molar-refractivity contribution in [1.82, 2.24) is 0 Å². The molecule has 0 radical (unpaired) electrons. The summed E-state index contributed by atoms with van der Waals surface area (Å²) in [6.45, 7) is 17.7. The van der Waals surface area contributed by atoms with Gasteiger partial charge < -0.3 is 5.11 Å². The van der Waals surface area contributed by atoms with Gasteiger partial charge in [-0.15, -0.1) is 0 Å². The first kappa shape index (κ1) is 17.1. The Bertz CT molecular complexity index is 458. The SMILES string of the molecule is CCC(C)Cc1cc(C(C)(C)C)c(O)cc1C(C)(C)C. The van der Waals surface area contributed by atoms with Crippen molar-refractivity contribution in [2.75, 3.05) is 0 Å². The maximum atomic E-state index is 10.4. The van der Waals surface area contributed by atoms with Crippen molar-refractivity contribution in [2.24, 2.45) is 5.92 Å². The van der Waals surface area contributed by atoms with E-state index in [2.05, 4.69) is 61.5 Å². The Morgan fingerprint density at radius 2 is 1.45 bits per heavy atom. The van der Waals surface area contributed by atoms with Gasteiger partial charge in [0.2, 0.25) is 0 Å². The minimum atomic E-state index is -0.0231. The lowest BCUT2D eigenvalue weighted by molar-refractivity contribution is 0.440. The summed E-state index contributed by atoms with van der Waals surface area (Å²) in [6, 6.07) is 4.24. The highest BCUT2D eigenvalue weighted by Crippen LogP contribution is 2.38. The first-order chi connectivity index (χ1) is 8.96. The van der Waals surface area contributed by atoms with Crippen LogP contribution in [-0.2, 0) is 17.3 Å². The third-order valence-corrected chi connectivity index (χ3v) is 4.10. The van der Waals surface area contributed by atoms with Gasteiger partial charge >= 0.3 is 0 Å². The number of phenolic OH excluding ortho intramolecular Hbond substituents is 1. The van der Waals surface area contributed by atoms with Crippen LogP contribution in [0.4, 0.5) is 0 Å². The van der Waals surface area contributed by atoms with E-state index in [0.717, 1.165) is 12.0 Å². The van der Waals surface area contributed by atoms with Crippen LogP contribution in [0.3, 0.4) is 0 Å². The number of hydrogen-bond acceptors (Lipinski definition) is 1. The molecule has 0 aliphatic rings. The summed E-state index contributed by atoms with van der Waals surface area (Å²) in [5.74, 6) is 1.11. The zero-order chi connectivity index (χ0) is 15.7. The monoisotopic (exact) mass is 276 g/mol. The summed E-state index contributed by atoms with van der Waals surface area (Å²) in [6.07, 6.45) is 2.28. The van der Waals surface area contributed by atoms with Crippen LogP contribution >= 0.6 is 0 Å². The predicted molar refractivity (Wildman–Crippen MR) is 88.7 cm³/mol. The van der Waals surface area contributed by atoms with E-state index in [1.54, 1.807) is 0 Å². The Hall–Kier alpha value is -0.980. The van der Waals surface area contributed by atoms with Crippen LogP contribution in [0.1, 0.15) is 78.5 Å². The molecule has 0 aliphatic carbocycles. The summed E-state index contributed by atoms with van der Waals surface area (Å²) in [5.41, 5.74) is 3.78. The lowest BCUT2D eigenvalue weighted by Crippen LogP contribution is -2.19. The van der Waals surface area contributed by atoms with Crippen molar-refractivity contribution in [2.45, 2.75) is 79.1 Å². The minimum absolute atomic E-state index is 0.0231. The molecule has 0 spiro atoms. The smallest absolute Gasteiger partial charge is 0.119 e. The van der Waals surface area contributed by atoms with Gasteiger partial charge in [0.05, 0.1) is 0 Å². The van der Waals surface area contributed by atoms with Crippen molar-refractivity contribution in [1.29, 1.82) is 0 Å². The van der Waals surface area contributed by atoms with E-state index in [1.807, 2.05) is 6.07 Å². The molecular weight excluding hydrogens is 244 g/mol. The fourth-order valence-electron chi connectivity index (χ4n) is 2.62. The van der Waals surface area contributed by atoms with Crippen LogP contribution in [0.25, 0.3) is 0 Å². The molecule has 1 aromatic rings. The standard InChI is InChI=1S/C19H32O/c1-9-13(2)10-14-11-16(19(6,7)8)17(20)12-15(14)18(3,4)5/h11-13,20H,9-10H2,1-8H3. The first-order valence-electron chi connectivity index (χ1n) is 7.83. The predicted octanol–water partition coefficient (Wildman–Crippen LogP) is 5.58. The first-order valence-corrected chi connectivity index (χ1v) is 7.83. The van der Waals surface area contributed by atoms with Crippen molar-refractivity contribution >= 4 is 0 Å². The van der Waals surface area contributed by atoms with Gasteiger partial charge in [0.25, 0.3) is 0 Å². The van der Waals surface area contributed by atoms with Crippen molar-refractivity contribution in [3.8, 4) is 5.75 Å². The van der Waals surface area contributed by atoms with Crippen LogP contribution in [0, 0.1) is 5.92 Å². The van der Waals surface area contributed by atoms with E-state index in [4.69, 9.17) is 0 Å². The highest BCUT2D eigenvalue weighted by Gasteiger charge is 2.25. The topological polar surface area (TPSA) is 20.2 Å². The summed E-state index contributed by atoms with van der Waals surface area (Å²) in [5, 5.41) is 10.4. The molecule has 0 aromatic heterocycles. The number of hydrogen-bond donors (Lipinski definition) is 1. The van der Waals surface area contributed by atoms with Gasteiger partial charge in [0, 0.05) is 0 Å². The minimum Gasteiger partial charge on any atom is -0.508 e. The van der Waals surface area contributed by atoms with Crippen LogP contribution < -0.4 is 0 Å². The van der Waals surface area contributed by atoms with Gasteiger partial charge in [-0.25, -0.2) is 0 Å². The highest BCUT2D eigenvalue weighted by molar-refractivity contribution is 5.47.